The Morgan fingerprint density at radius 1 is 1.11 bits per heavy atom. The number of rotatable bonds is 6. The van der Waals surface area contributed by atoms with Gasteiger partial charge in [0, 0.05) is 26.2 Å². The summed E-state index contributed by atoms with van der Waals surface area (Å²) in [7, 11) is 3.56. The fraction of sp³-hybridized carbons (Fsp3) is 0.560. The molecule has 4 heterocycles. The van der Waals surface area contributed by atoms with Crippen molar-refractivity contribution in [2.75, 3.05) is 30.4 Å². The van der Waals surface area contributed by atoms with Crippen LogP contribution in [-0.4, -0.2) is 66.9 Å². The van der Waals surface area contributed by atoms with E-state index < -0.39 is 11.5 Å². The number of anilines is 3. The zero-order valence-electron chi connectivity index (χ0n) is 21.1. The number of piperidine rings is 2. The second kappa shape index (κ2) is 9.68. The van der Waals surface area contributed by atoms with E-state index in [0.717, 1.165) is 49.0 Å². The maximum atomic E-state index is 15.3. The van der Waals surface area contributed by atoms with Crippen molar-refractivity contribution in [1.82, 2.24) is 34.7 Å². The highest BCUT2D eigenvalue weighted by molar-refractivity contribution is 6.32. The lowest BCUT2D eigenvalue weighted by atomic mass is 9.88. The monoisotopic (exact) mass is 527 g/mol. The van der Waals surface area contributed by atoms with Gasteiger partial charge in [0.05, 0.1) is 17.6 Å². The summed E-state index contributed by atoms with van der Waals surface area (Å²) in [6.45, 7) is 2.29. The molecule has 3 fully saturated rings. The number of hydrogen-bond acceptors (Lipinski definition) is 8. The molecule has 3 aliphatic rings. The predicted molar refractivity (Wildman–Crippen MR) is 139 cm³/mol. The molecular weight excluding hydrogens is 497 g/mol. The summed E-state index contributed by atoms with van der Waals surface area (Å²) in [5.41, 5.74) is 1.02. The molecule has 0 unspecified atom stereocenters. The number of tetrazole rings is 1. The van der Waals surface area contributed by atoms with E-state index in [0.29, 0.717) is 28.6 Å². The Balaban J connectivity index is 1.31. The van der Waals surface area contributed by atoms with E-state index in [-0.39, 0.29) is 17.6 Å². The first kappa shape index (κ1) is 24.3. The maximum Gasteiger partial charge on any atom is 0.368 e. The number of benzene rings is 1. The van der Waals surface area contributed by atoms with Crippen LogP contribution in [0.1, 0.15) is 56.4 Å². The molecule has 3 aromatic rings. The summed E-state index contributed by atoms with van der Waals surface area (Å²) < 4.78 is 17.6. The van der Waals surface area contributed by atoms with E-state index in [9.17, 15) is 4.79 Å². The highest BCUT2D eigenvalue weighted by Crippen LogP contribution is 2.44. The zero-order valence-corrected chi connectivity index (χ0v) is 21.8. The molecule has 0 spiro atoms. The number of nitrogens with one attached hydrogen (secondary N) is 1. The van der Waals surface area contributed by atoms with Crippen LogP contribution in [0, 0.1) is 5.82 Å². The van der Waals surface area contributed by atoms with Crippen molar-refractivity contribution >= 4 is 29.1 Å². The SMILES string of the molecule is CN(c1nc(Nc2cc(-n3nnn(C)c3=O)c(C3CC3)cc2F)ncc1Cl)[C@H]1CCCN2CCCC[C@H]12. The minimum absolute atomic E-state index is 0.156. The molecule has 196 valence electrons. The Labute approximate surface area is 219 Å². The summed E-state index contributed by atoms with van der Waals surface area (Å²) in [6.07, 6.45) is 9.33. The van der Waals surface area contributed by atoms with Crippen LogP contribution in [0.2, 0.25) is 5.02 Å². The number of nitrogens with zero attached hydrogens (tertiary/aromatic N) is 8. The summed E-state index contributed by atoms with van der Waals surface area (Å²) in [6, 6.07) is 3.84. The van der Waals surface area contributed by atoms with Crippen LogP contribution in [0.5, 0.6) is 0 Å². The summed E-state index contributed by atoms with van der Waals surface area (Å²) in [4.78, 5) is 26.3. The summed E-state index contributed by atoms with van der Waals surface area (Å²) >= 11 is 6.57. The van der Waals surface area contributed by atoms with E-state index in [2.05, 4.69) is 30.5 Å². The number of likely N-dealkylation sites (N-methyl/N-ethyl adjacent to an activating group) is 1. The second-order valence-electron chi connectivity index (χ2n) is 10.4. The number of aryl methyl sites for hydroxylation is 1. The van der Waals surface area contributed by atoms with Gasteiger partial charge in [0.15, 0.2) is 5.82 Å². The molecule has 1 aromatic carbocycles. The van der Waals surface area contributed by atoms with E-state index in [1.807, 2.05) is 7.05 Å². The lowest BCUT2D eigenvalue weighted by Gasteiger charge is -2.47. The first-order valence-electron chi connectivity index (χ1n) is 13.0. The third-order valence-corrected chi connectivity index (χ3v) is 8.21. The Hall–Kier alpha value is -3.05. The first-order chi connectivity index (χ1) is 17.9. The van der Waals surface area contributed by atoms with Crippen molar-refractivity contribution < 1.29 is 4.39 Å². The standard InChI is InChI=1S/C25H31ClFN9O/c1-33(20-7-5-11-35-10-4-3-6-21(20)35)23-17(26)14-28-24(30-23)29-19-13-22(36-25(37)34(2)31-32-36)16(12-18(19)27)15-8-9-15/h12-15,20-21H,3-11H2,1-2H3,(H,28,29,30)/t20-,21+/m0/s1. The van der Waals surface area contributed by atoms with Gasteiger partial charge in [-0.3, -0.25) is 4.90 Å². The van der Waals surface area contributed by atoms with Crippen LogP contribution in [0.15, 0.2) is 23.1 Å². The molecular formula is C25H31ClFN9O. The van der Waals surface area contributed by atoms with Crippen molar-refractivity contribution in [3.8, 4) is 5.69 Å². The molecule has 1 saturated carbocycles. The normalized spacial score (nSPS) is 22.1. The Bertz CT molecular complexity index is 1370. The van der Waals surface area contributed by atoms with Gasteiger partial charge >= 0.3 is 5.69 Å². The van der Waals surface area contributed by atoms with Crippen LogP contribution in [0.4, 0.5) is 21.8 Å². The van der Waals surface area contributed by atoms with E-state index in [1.54, 1.807) is 12.3 Å². The molecule has 6 rings (SSSR count). The average Bonchev–Trinajstić information content (AvgIpc) is 3.70. The largest absolute Gasteiger partial charge is 0.368 e. The fourth-order valence-electron chi connectivity index (χ4n) is 5.86. The molecule has 0 amide bonds. The van der Waals surface area contributed by atoms with Crippen molar-refractivity contribution in [3.63, 3.8) is 0 Å². The third kappa shape index (κ3) is 4.59. The number of fused-ring (bicyclic) bond motifs is 1. The molecule has 0 bridgehead atoms. The zero-order chi connectivity index (χ0) is 25.7. The van der Waals surface area contributed by atoms with Crippen molar-refractivity contribution in [2.24, 2.45) is 7.05 Å². The van der Waals surface area contributed by atoms with Gasteiger partial charge in [-0.05, 0) is 85.7 Å². The van der Waals surface area contributed by atoms with Crippen molar-refractivity contribution in [3.05, 3.63) is 45.2 Å². The third-order valence-electron chi connectivity index (χ3n) is 7.94. The van der Waals surface area contributed by atoms with Crippen LogP contribution in [0.3, 0.4) is 0 Å². The van der Waals surface area contributed by atoms with Gasteiger partial charge in [-0.15, -0.1) is 0 Å². The number of hydrogen-bond donors (Lipinski definition) is 1. The molecule has 10 nitrogen and oxygen atoms in total. The van der Waals surface area contributed by atoms with E-state index >= 15 is 4.39 Å². The molecule has 2 aliphatic heterocycles. The molecule has 12 heteroatoms. The lowest BCUT2D eigenvalue weighted by molar-refractivity contribution is 0.0894. The van der Waals surface area contributed by atoms with Crippen molar-refractivity contribution in [2.45, 2.75) is 62.9 Å². The van der Waals surface area contributed by atoms with Crippen molar-refractivity contribution in [1.29, 1.82) is 0 Å². The number of aromatic nitrogens is 6. The molecule has 2 aromatic heterocycles. The quantitative estimate of drug-likeness (QED) is 0.519. The molecule has 1 aliphatic carbocycles. The van der Waals surface area contributed by atoms with Gasteiger partial charge in [-0.25, -0.2) is 14.2 Å². The highest BCUT2D eigenvalue weighted by atomic mass is 35.5. The average molecular weight is 528 g/mol. The highest BCUT2D eigenvalue weighted by Gasteiger charge is 2.36. The van der Waals surface area contributed by atoms with Crippen LogP contribution < -0.4 is 15.9 Å². The van der Waals surface area contributed by atoms with E-state index in [1.165, 1.54) is 37.1 Å². The number of halogens is 2. The molecule has 0 radical (unpaired) electrons. The Morgan fingerprint density at radius 2 is 1.92 bits per heavy atom. The predicted octanol–water partition coefficient (Wildman–Crippen LogP) is 3.62. The Morgan fingerprint density at radius 3 is 2.68 bits per heavy atom. The second-order valence-corrected chi connectivity index (χ2v) is 10.8. The molecule has 2 saturated heterocycles. The molecule has 37 heavy (non-hydrogen) atoms. The molecule has 2 atom stereocenters. The Kier molecular flexibility index (Phi) is 6.36. The van der Waals surface area contributed by atoms with Gasteiger partial charge in [-0.2, -0.15) is 14.3 Å². The first-order valence-corrected chi connectivity index (χ1v) is 13.4. The van der Waals surface area contributed by atoms with Gasteiger partial charge in [0.2, 0.25) is 5.95 Å². The van der Waals surface area contributed by atoms with Crippen LogP contribution >= 0.6 is 11.6 Å². The summed E-state index contributed by atoms with van der Waals surface area (Å²) in [5.74, 6) is 0.616. The minimum Gasteiger partial charge on any atom is -0.354 e. The summed E-state index contributed by atoms with van der Waals surface area (Å²) in [5, 5.41) is 11.3. The minimum atomic E-state index is -0.443. The fourth-order valence-corrected chi connectivity index (χ4v) is 6.09. The van der Waals surface area contributed by atoms with Gasteiger partial charge in [0.1, 0.15) is 10.8 Å². The van der Waals surface area contributed by atoms with Gasteiger partial charge < -0.3 is 10.2 Å². The smallest absolute Gasteiger partial charge is 0.354 e. The van der Waals surface area contributed by atoms with Crippen LogP contribution in [0.25, 0.3) is 5.69 Å². The topological polar surface area (TPSA) is 97.0 Å². The maximum absolute atomic E-state index is 15.3. The van der Waals surface area contributed by atoms with Gasteiger partial charge in [0.25, 0.3) is 0 Å². The van der Waals surface area contributed by atoms with Gasteiger partial charge in [-0.1, -0.05) is 18.0 Å². The van der Waals surface area contributed by atoms with E-state index in [4.69, 9.17) is 16.6 Å². The van der Waals surface area contributed by atoms with Crippen LogP contribution in [-0.2, 0) is 7.05 Å². The molecule has 1 N–H and O–H groups in total. The lowest BCUT2D eigenvalue weighted by Crippen LogP contribution is -2.56.